The molecule has 0 amide bonds. The van der Waals surface area contributed by atoms with E-state index in [2.05, 4.69) is 127 Å². The summed E-state index contributed by atoms with van der Waals surface area (Å²) in [7, 11) is -0.216. The van der Waals surface area contributed by atoms with Gasteiger partial charge in [0.05, 0.1) is 0 Å². The van der Waals surface area contributed by atoms with Gasteiger partial charge in [-0.15, -0.1) is 0 Å². The van der Waals surface area contributed by atoms with E-state index in [0.717, 1.165) is 23.7 Å². The molecule has 1 aliphatic carbocycles. The van der Waals surface area contributed by atoms with Gasteiger partial charge in [-0.2, -0.15) is 0 Å². The third-order valence-corrected chi connectivity index (χ3v) is 16.3. The average molecular weight is 518 g/mol. The smallest absolute Gasteiger partial charge is 0.0910 e. The highest BCUT2D eigenvalue weighted by Crippen LogP contribution is 2.65. The molecular formula is C33H59P2+. The normalized spacial score (nSPS) is 25.0. The first-order valence-electron chi connectivity index (χ1n) is 14.2. The van der Waals surface area contributed by atoms with Gasteiger partial charge in [-0.25, -0.2) is 0 Å². The van der Waals surface area contributed by atoms with Crippen LogP contribution < -0.4 is 0 Å². The lowest BCUT2D eigenvalue weighted by atomic mass is 9.62. The van der Waals surface area contributed by atoms with Crippen molar-refractivity contribution in [3.8, 4) is 0 Å². The van der Waals surface area contributed by atoms with Gasteiger partial charge < -0.3 is 0 Å². The van der Waals surface area contributed by atoms with Crippen LogP contribution in [0, 0.1) is 29.6 Å². The Bertz CT molecular complexity index is 695. The number of rotatable bonds is 6. The monoisotopic (exact) mass is 517 g/mol. The maximum atomic E-state index is 2.58. The number of hydrogen-bond acceptors (Lipinski definition) is 0. The van der Waals surface area contributed by atoms with Crippen molar-refractivity contribution in [3.05, 3.63) is 41.8 Å². The Morgan fingerprint density at radius 2 is 0.971 bits per heavy atom. The largest absolute Gasteiger partial charge is 0.116 e. The van der Waals surface area contributed by atoms with Crippen molar-refractivity contribution >= 4 is 15.8 Å². The molecule has 2 rings (SSSR count). The molecule has 0 N–H and O–H groups in total. The van der Waals surface area contributed by atoms with Crippen molar-refractivity contribution in [2.75, 3.05) is 12.3 Å². The SMILES string of the molecule is CC1CC(C)C(CP(C(C)(C)C)C(C)(C)C)[C+](Cc2ccccc2)C1CP(C(C)(C)C)C(C)(C)C. The van der Waals surface area contributed by atoms with Gasteiger partial charge in [-0.1, -0.05) is 143 Å². The Balaban J connectivity index is 2.54. The molecule has 4 unspecified atom stereocenters. The maximum Gasteiger partial charge on any atom is 0.116 e. The second kappa shape index (κ2) is 11.4. The molecule has 1 fully saturated rings. The van der Waals surface area contributed by atoms with E-state index in [1.54, 1.807) is 0 Å². The van der Waals surface area contributed by atoms with Crippen LogP contribution in [0.25, 0.3) is 0 Å². The predicted octanol–water partition coefficient (Wildman–Crippen LogP) is 10.9. The first kappa shape index (κ1) is 31.2. The van der Waals surface area contributed by atoms with E-state index >= 15 is 0 Å². The molecule has 0 spiro atoms. The molecule has 0 bridgehead atoms. The molecule has 35 heavy (non-hydrogen) atoms. The van der Waals surface area contributed by atoms with Crippen LogP contribution in [0.15, 0.2) is 30.3 Å². The van der Waals surface area contributed by atoms with Gasteiger partial charge in [0.2, 0.25) is 0 Å². The van der Waals surface area contributed by atoms with Gasteiger partial charge in [0, 0.05) is 24.2 Å². The third kappa shape index (κ3) is 8.47. The fourth-order valence-corrected chi connectivity index (χ4v) is 15.3. The van der Waals surface area contributed by atoms with Crippen molar-refractivity contribution in [3.63, 3.8) is 0 Å². The summed E-state index contributed by atoms with van der Waals surface area (Å²) in [6, 6.07) is 11.4. The van der Waals surface area contributed by atoms with Crippen molar-refractivity contribution in [1.82, 2.24) is 0 Å². The zero-order chi connectivity index (χ0) is 27.0. The van der Waals surface area contributed by atoms with E-state index in [1.165, 1.54) is 30.7 Å². The molecule has 0 radical (unpaired) electrons. The van der Waals surface area contributed by atoms with E-state index in [0.29, 0.717) is 20.6 Å². The lowest BCUT2D eigenvalue weighted by Crippen LogP contribution is -2.44. The van der Waals surface area contributed by atoms with Gasteiger partial charge in [-0.3, -0.25) is 0 Å². The van der Waals surface area contributed by atoms with Gasteiger partial charge in [0.1, 0.15) is 24.2 Å². The first-order chi connectivity index (χ1) is 15.7. The molecule has 1 aromatic carbocycles. The Morgan fingerprint density at radius 3 is 1.29 bits per heavy atom. The second-order valence-corrected chi connectivity index (χ2v) is 23.4. The highest BCUT2D eigenvalue weighted by atomic mass is 31.1. The summed E-state index contributed by atoms with van der Waals surface area (Å²) >= 11 is 0. The van der Waals surface area contributed by atoms with Crippen molar-refractivity contribution in [1.29, 1.82) is 0 Å². The molecular weight excluding hydrogens is 458 g/mol. The van der Waals surface area contributed by atoms with Crippen LogP contribution in [0.2, 0.25) is 0 Å². The van der Waals surface area contributed by atoms with Crippen LogP contribution in [-0.4, -0.2) is 32.9 Å². The summed E-state index contributed by atoms with van der Waals surface area (Å²) in [4.78, 5) is 0. The number of benzene rings is 1. The third-order valence-electron chi connectivity index (χ3n) is 8.32. The molecule has 2 heteroatoms. The quantitative estimate of drug-likeness (QED) is 0.260. The van der Waals surface area contributed by atoms with Gasteiger partial charge >= 0.3 is 0 Å². The summed E-state index contributed by atoms with van der Waals surface area (Å²) in [5, 5.41) is 1.53. The van der Waals surface area contributed by atoms with Crippen LogP contribution >= 0.6 is 15.8 Å². The Hall–Kier alpha value is -0.0500. The molecule has 1 saturated carbocycles. The minimum Gasteiger partial charge on any atom is -0.0910 e. The van der Waals surface area contributed by atoms with E-state index in [9.17, 15) is 0 Å². The summed E-state index contributed by atoms with van der Waals surface area (Å²) in [6.45, 7) is 35.2. The summed E-state index contributed by atoms with van der Waals surface area (Å²) in [5.74, 6) is 4.97. The van der Waals surface area contributed by atoms with Crippen molar-refractivity contribution in [2.45, 2.75) is 130 Å². The zero-order valence-corrected chi connectivity index (χ0v) is 27.7. The number of hydrogen-bond donors (Lipinski definition) is 0. The van der Waals surface area contributed by atoms with E-state index in [-0.39, 0.29) is 15.8 Å². The molecule has 0 nitrogen and oxygen atoms in total. The molecule has 0 heterocycles. The standard InChI is InChI=1S/C33H59P2/c1-24-20-25(2)29(23-35(32(9,10)11)33(12,13)14)27(21-26-18-16-15-17-19-26)28(24)22-34(30(3,4)5)31(6,7)8/h15-19,24-25,28-29H,20-23H2,1-14H3/q+1. The minimum absolute atomic E-state index is 0.108. The summed E-state index contributed by atoms with van der Waals surface area (Å²) in [5.41, 5.74) is 1.52. The van der Waals surface area contributed by atoms with Crippen LogP contribution in [0.4, 0.5) is 0 Å². The lowest BCUT2D eigenvalue weighted by Gasteiger charge is -2.48. The van der Waals surface area contributed by atoms with Gasteiger partial charge in [0.15, 0.2) is 0 Å². The minimum atomic E-state index is -0.108. The van der Waals surface area contributed by atoms with Gasteiger partial charge in [0.25, 0.3) is 0 Å². The molecule has 0 aromatic heterocycles. The first-order valence-corrected chi connectivity index (χ1v) is 17.2. The van der Waals surface area contributed by atoms with Crippen LogP contribution in [0.1, 0.15) is 109 Å². The fourth-order valence-electron chi connectivity index (χ4n) is 7.11. The van der Waals surface area contributed by atoms with Crippen molar-refractivity contribution in [2.24, 2.45) is 23.7 Å². The molecule has 4 atom stereocenters. The molecule has 1 aliphatic rings. The highest BCUT2D eigenvalue weighted by Gasteiger charge is 2.54. The van der Waals surface area contributed by atoms with E-state index < -0.39 is 0 Å². The Kier molecular flexibility index (Phi) is 10.1. The Morgan fingerprint density at radius 1 is 0.629 bits per heavy atom. The van der Waals surface area contributed by atoms with E-state index in [4.69, 9.17) is 0 Å². The second-order valence-electron chi connectivity index (χ2n) is 15.5. The molecule has 200 valence electrons. The van der Waals surface area contributed by atoms with Gasteiger partial charge in [-0.05, 0) is 32.6 Å². The summed E-state index contributed by atoms with van der Waals surface area (Å²) < 4.78 is 0. The zero-order valence-electron chi connectivity index (χ0n) is 25.9. The van der Waals surface area contributed by atoms with Crippen LogP contribution in [0.3, 0.4) is 0 Å². The predicted molar refractivity (Wildman–Crippen MR) is 166 cm³/mol. The fraction of sp³-hybridized carbons (Fsp3) is 0.788. The van der Waals surface area contributed by atoms with Crippen LogP contribution in [0.5, 0.6) is 0 Å². The highest BCUT2D eigenvalue weighted by molar-refractivity contribution is 7.61. The average Bonchev–Trinajstić information content (AvgIpc) is 2.64. The molecule has 0 aliphatic heterocycles. The maximum absolute atomic E-state index is 2.58. The topological polar surface area (TPSA) is 0 Å². The summed E-state index contributed by atoms with van der Waals surface area (Å²) in [6.07, 6.45) is 5.37. The molecule has 1 aromatic rings. The van der Waals surface area contributed by atoms with Crippen LogP contribution in [-0.2, 0) is 6.42 Å². The Labute approximate surface area is 223 Å². The molecule has 0 saturated heterocycles. The van der Waals surface area contributed by atoms with E-state index in [1.807, 2.05) is 5.92 Å². The lowest BCUT2D eigenvalue weighted by molar-refractivity contribution is 0.184. The van der Waals surface area contributed by atoms with Crippen molar-refractivity contribution < 1.29 is 0 Å².